The van der Waals surface area contributed by atoms with Crippen LogP contribution >= 0.6 is 20.7 Å². The minimum Gasteiger partial charge on any atom is -0.496 e. The lowest BCUT2D eigenvalue weighted by atomic mass is 9.53. The molecule has 0 atom stereocenters. The molecule has 30 heavy (non-hydrogen) atoms. The van der Waals surface area contributed by atoms with Crippen LogP contribution in [0.25, 0.3) is 10.8 Å². The van der Waals surface area contributed by atoms with Crippen LogP contribution < -0.4 is 4.74 Å². The van der Waals surface area contributed by atoms with E-state index in [0.717, 1.165) is 45.8 Å². The van der Waals surface area contributed by atoms with Crippen LogP contribution in [0, 0.1) is 27.2 Å². The van der Waals surface area contributed by atoms with Crippen molar-refractivity contribution in [2.24, 2.45) is 23.7 Å². The molecule has 6 heteroatoms. The highest BCUT2D eigenvalue weighted by Gasteiger charge is 2.64. The van der Waals surface area contributed by atoms with Gasteiger partial charge in [0.2, 0.25) is 0 Å². The lowest BCUT2D eigenvalue weighted by Crippen LogP contribution is -2.65. The first-order chi connectivity index (χ1) is 14.6. The SMILES string of the molecule is COc1ccc(I=C2C(=O)OC3(OC2=O)C2CC4CC(C2)CC3C4)c2ccccc12. The van der Waals surface area contributed by atoms with Crippen molar-refractivity contribution >= 4 is 47.0 Å². The molecule has 4 saturated carbocycles. The molecule has 156 valence electrons. The van der Waals surface area contributed by atoms with Crippen molar-refractivity contribution in [2.75, 3.05) is 7.11 Å². The number of halogens is 1. The van der Waals surface area contributed by atoms with Crippen LogP contribution in [0.2, 0.25) is 0 Å². The molecule has 4 aliphatic carbocycles. The molecule has 1 saturated heterocycles. The maximum atomic E-state index is 13.1. The third kappa shape index (κ3) is 2.68. The number of hydrogen-bond acceptors (Lipinski definition) is 5. The minimum atomic E-state index is -1.04. The smallest absolute Gasteiger partial charge is 0.354 e. The largest absolute Gasteiger partial charge is 0.496 e. The van der Waals surface area contributed by atoms with E-state index >= 15 is 0 Å². The summed E-state index contributed by atoms with van der Waals surface area (Å²) in [6.45, 7) is 0. The number of carbonyl (C=O) groups excluding carboxylic acids is 2. The highest BCUT2D eigenvalue weighted by Crippen LogP contribution is 2.60. The standard InChI is InChI=1S/C24H23IO5/c1-28-20-7-6-19(17-4-2-3-5-18(17)20)25-21-22(26)29-24(30-23(21)27)15-9-13-8-14(11-15)12-16(24)10-13/h2-7,13-16H,8-12H2,1H3. The van der Waals surface area contributed by atoms with Crippen molar-refractivity contribution in [2.45, 2.75) is 37.9 Å². The molecule has 2 aromatic carbocycles. The Balaban J connectivity index is 1.37. The second-order valence-corrected chi connectivity index (χ2v) is 11.8. The zero-order valence-electron chi connectivity index (χ0n) is 16.7. The first-order valence-electron chi connectivity index (χ1n) is 10.6. The molecule has 0 aromatic heterocycles. The van der Waals surface area contributed by atoms with Gasteiger partial charge >= 0.3 is 11.9 Å². The van der Waals surface area contributed by atoms with E-state index in [1.54, 1.807) is 7.11 Å². The van der Waals surface area contributed by atoms with Crippen molar-refractivity contribution < 1.29 is 23.8 Å². The average Bonchev–Trinajstić information content (AvgIpc) is 2.74. The molecule has 0 radical (unpaired) electrons. The Morgan fingerprint density at radius 1 is 0.867 bits per heavy atom. The molecule has 5 nitrogen and oxygen atoms in total. The first kappa shape index (κ1) is 18.8. The zero-order chi connectivity index (χ0) is 20.5. The number of rotatable bonds is 2. The first-order valence-corrected chi connectivity index (χ1v) is 12.8. The summed E-state index contributed by atoms with van der Waals surface area (Å²) in [5.74, 6) is 0.628. The quantitative estimate of drug-likeness (QED) is 0.436. The normalized spacial score (nSPS) is 34.4. The van der Waals surface area contributed by atoms with Crippen LogP contribution in [0.5, 0.6) is 5.75 Å². The maximum absolute atomic E-state index is 13.1. The Hall–Kier alpha value is -1.96. The highest BCUT2D eigenvalue weighted by atomic mass is 127. The van der Waals surface area contributed by atoms with Crippen LogP contribution in [0.1, 0.15) is 32.1 Å². The Bertz CT molecular complexity index is 1050. The van der Waals surface area contributed by atoms with Gasteiger partial charge in [0.25, 0.3) is 5.79 Å². The zero-order valence-corrected chi connectivity index (χ0v) is 18.9. The van der Waals surface area contributed by atoms with Gasteiger partial charge in [0.15, 0.2) is 3.51 Å². The molecule has 1 heterocycles. The number of benzene rings is 2. The van der Waals surface area contributed by atoms with E-state index in [9.17, 15) is 9.59 Å². The second kappa shape index (κ2) is 6.77. The topological polar surface area (TPSA) is 61.8 Å². The molecule has 4 bridgehead atoms. The third-order valence-electron chi connectivity index (χ3n) is 7.39. The van der Waals surface area contributed by atoms with Gasteiger partial charge in [-0.2, -0.15) is 0 Å². The Kier molecular flexibility index (Phi) is 4.24. The molecule has 0 amide bonds. The van der Waals surface area contributed by atoms with E-state index in [1.807, 2.05) is 36.4 Å². The predicted molar refractivity (Wildman–Crippen MR) is 120 cm³/mol. The average molecular weight is 518 g/mol. The van der Waals surface area contributed by atoms with Crippen LogP contribution in [-0.4, -0.2) is 28.3 Å². The van der Waals surface area contributed by atoms with Crippen LogP contribution in [0.15, 0.2) is 36.4 Å². The van der Waals surface area contributed by atoms with Crippen molar-refractivity contribution in [3.63, 3.8) is 0 Å². The second-order valence-electron chi connectivity index (χ2n) is 9.01. The van der Waals surface area contributed by atoms with Gasteiger partial charge in [-0.15, -0.1) is 0 Å². The number of ether oxygens (including phenoxy) is 3. The Labute approximate surface area is 184 Å². The molecule has 1 aliphatic heterocycles. The number of fused-ring (bicyclic) bond motifs is 1. The lowest BCUT2D eigenvalue weighted by molar-refractivity contribution is -0.308. The van der Waals surface area contributed by atoms with Gasteiger partial charge < -0.3 is 14.2 Å². The van der Waals surface area contributed by atoms with E-state index in [2.05, 4.69) is 0 Å². The molecule has 2 aromatic rings. The summed E-state index contributed by atoms with van der Waals surface area (Å²) in [5, 5.41) is 1.99. The molecule has 1 spiro atoms. The fraction of sp³-hybridized carbons (Fsp3) is 0.458. The highest BCUT2D eigenvalue weighted by molar-refractivity contribution is 14.2. The Morgan fingerprint density at radius 2 is 1.47 bits per heavy atom. The minimum absolute atomic E-state index is 0.170. The molecule has 0 N–H and O–H groups in total. The number of carbonyl (C=O) groups is 2. The molecule has 7 rings (SSSR count). The summed E-state index contributed by atoms with van der Waals surface area (Å²) >= 11 is -1.04. The van der Waals surface area contributed by atoms with E-state index in [1.165, 1.54) is 6.42 Å². The molecular formula is C24H23IO5. The molecule has 5 fully saturated rings. The maximum Gasteiger partial charge on any atom is 0.354 e. The third-order valence-corrected chi connectivity index (χ3v) is 10.3. The lowest BCUT2D eigenvalue weighted by Gasteiger charge is -2.59. The van der Waals surface area contributed by atoms with Crippen molar-refractivity contribution in [1.29, 1.82) is 0 Å². The van der Waals surface area contributed by atoms with Crippen LogP contribution in [0.4, 0.5) is 0 Å². The van der Waals surface area contributed by atoms with E-state index in [-0.39, 0.29) is 15.3 Å². The number of methoxy groups -OCH3 is 1. The summed E-state index contributed by atoms with van der Waals surface area (Å²) in [7, 11) is 1.64. The van der Waals surface area contributed by atoms with Gasteiger partial charge in [-0.05, 0) is 61.5 Å². The fourth-order valence-electron chi connectivity index (χ4n) is 6.33. The molecule has 5 aliphatic rings. The predicted octanol–water partition coefficient (Wildman–Crippen LogP) is 4.41. The summed E-state index contributed by atoms with van der Waals surface area (Å²) in [6.07, 6.45) is 5.35. The van der Waals surface area contributed by atoms with E-state index < -0.39 is 38.5 Å². The summed E-state index contributed by atoms with van der Waals surface area (Å²) in [5.41, 5.74) is 0. The fourth-order valence-corrected chi connectivity index (χ4v) is 8.69. The molecular weight excluding hydrogens is 495 g/mol. The van der Waals surface area contributed by atoms with Gasteiger partial charge in [-0.3, -0.25) is 0 Å². The van der Waals surface area contributed by atoms with Crippen LogP contribution in [-0.2, 0) is 19.1 Å². The monoisotopic (exact) mass is 518 g/mol. The van der Waals surface area contributed by atoms with Crippen molar-refractivity contribution in [3.05, 3.63) is 40.0 Å². The Morgan fingerprint density at radius 3 is 2.07 bits per heavy atom. The summed E-state index contributed by atoms with van der Waals surface area (Å²) < 4.78 is 18.8. The van der Waals surface area contributed by atoms with Gasteiger partial charge in [-0.25, -0.2) is 9.59 Å². The number of esters is 2. The number of hydrogen-bond donors (Lipinski definition) is 0. The van der Waals surface area contributed by atoms with Gasteiger partial charge in [-0.1, -0.05) is 45.0 Å². The summed E-state index contributed by atoms with van der Waals surface area (Å²) in [6, 6.07) is 11.8. The van der Waals surface area contributed by atoms with Crippen molar-refractivity contribution in [1.82, 2.24) is 0 Å². The van der Waals surface area contributed by atoms with Gasteiger partial charge in [0.05, 0.1) is 7.11 Å². The molecule has 0 unspecified atom stereocenters. The van der Waals surface area contributed by atoms with Gasteiger partial charge in [0, 0.05) is 20.8 Å². The van der Waals surface area contributed by atoms with E-state index in [0.29, 0.717) is 11.8 Å². The van der Waals surface area contributed by atoms with Crippen LogP contribution in [0.3, 0.4) is 0 Å². The van der Waals surface area contributed by atoms with Gasteiger partial charge in [0.1, 0.15) is 5.75 Å². The van der Waals surface area contributed by atoms with E-state index in [4.69, 9.17) is 14.2 Å². The van der Waals surface area contributed by atoms with Crippen molar-refractivity contribution in [3.8, 4) is 5.75 Å². The summed E-state index contributed by atoms with van der Waals surface area (Å²) in [4.78, 5) is 26.2.